The molecule has 0 saturated heterocycles. The Morgan fingerprint density at radius 1 is 1.19 bits per heavy atom. The summed E-state index contributed by atoms with van der Waals surface area (Å²) in [5.41, 5.74) is 9.24. The highest BCUT2D eigenvalue weighted by atomic mass is 32.2. The van der Waals surface area contributed by atoms with Gasteiger partial charge in [-0.1, -0.05) is 36.0 Å². The van der Waals surface area contributed by atoms with Crippen LogP contribution in [-0.2, 0) is 6.42 Å². The number of benzene rings is 1. The van der Waals surface area contributed by atoms with E-state index in [9.17, 15) is 0 Å². The fourth-order valence-electron chi connectivity index (χ4n) is 3.04. The topological polar surface area (TPSA) is 69.6 Å². The maximum absolute atomic E-state index is 6.55. The fourth-order valence-corrected chi connectivity index (χ4v) is 4.27. The summed E-state index contributed by atoms with van der Waals surface area (Å²) in [6.07, 6.45) is 5.79. The first-order chi connectivity index (χ1) is 10.3. The molecule has 0 spiro atoms. The number of aromatic nitrogens is 4. The van der Waals surface area contributed by atoms with Gasteiger partial charge in [0.05, 0.1) is 6.04 Å². The third kappa shape index (κ3) is 2.58. The first-order valence-electron chi connectivity index (χ1n) is 7.61. The van der Waals surface area contributed by atoms with Gasteiger partial charge in [0.1, 0.15) is 0 Å². The summed E-state index contributed by atoms with van der Waals surface area (Å²) in [5.74, 6) is 0. The highest BCUT2D eigenvalue weighted by Gasteiger charge is 2.31. The summed E-state index contributed by atoms with van der Waals surface area (Å²) in [6, 6.07) is 9.13. The van der Waals surface area contributed by atoms with Gasteiger partial charge in [-0.05, 0) is 53.7 Å². The molecule has 2 aliphatic carbocycles. The molecule has 0 aliphatic heterocycles. The van der Waals surface area contributed by atoms with Crippen LogP contribution in [0.3, 0.4) is 0 Å². The lowest BCUT2D eigenvalue weighted by Gasteiger charge is -2.21. The zero-order chi connectivity index (χ0) is 14.2. The number of nitrogens with two attached hydrogens (primary N) is 1. The molecule has 1 aromatic heterocycles. The largest absolute Gasteiger partial charge is 0.323 e. The summed E-state index contributed by atoms with van der Waals surface area (Å²) >= 11 is 1.75. The normalized spacial score (nSPS) is 25.4. The lowest BCUT2D eigenvalue weighted by Crippen LogP contribution is -2.23. The van der Waals surface area contributed by atoms with Gasteiger partial charge in [-0.15, -0.1) is 5.10 Å². The number of fused-ring (bicyclic) bond motifs is 1. The van der Waals surface area contributed by atoms with Crippen molar-refractivity contribution in [1.29, 1.82) is 0 Å². The number of aryl methyl sites for hydroxylation is 1. The average molecular weight is 301 g/mol. The van der Waals surface area contributed by atoms with Crippen LogP contribution in [0.5, 0.6) is 0 Å². The summed E-state index contributed by atoms with van der Waals surface area (Å²) in [6.45, 7) is 0. The Balaban J connectivity index is 1.59. The smallest absolute Gasteiger partial charge is 0.209 e. The van der Waals surface area contributed by atoms with E-state index in [1.54, 1.807) is 11.8 Å². The quantitative estimate of drug-likeness (QED) is 0.882. The van der Waals surface area contributed by atoms with Crippen molar-refractivity contribution in [1.82, 2.24) is 20.2 Å². The van der Waals surface area contributed by atoms with Crippen molar-refractivity contribution in [3.05, 3.63) is 35.4 Å². The van der Waals surface area contributed by atoms with Crippen LogP contribution in [0.15, 0.2) is 29.4 Å². The average Bonchev–Trinajstić information content (AvgIpc) is 3.27. The molecule has 6 heteroatoms. The Morgan fingerprint density at radius 2 is 2.05 bits per heavy atom. The monoisotopic (exact) mass is 301 g/mol. The standard InChI is InChI=1S/C15H19N5S/c16-14-12-6-2-1-4-10(12)5-3-7-13(14)21-15-17-18-19-20(15)11-8-9-11/h1-2,4,6,11,13-14H,3,5,7-9,16H2. The maximum Gasteiger partial charge on any atom is 0.209 e. The van der Waals surface area contributed by atoms with Crippen molar-refractivity contribution in [3.63, 3.8) is 0 Å². The molecule has 0 bridgehead atoms. The van der Waals surface area contributed by atoms with E-state index in [1.807, 2.05) is 4.68 Å². The number of nitrogens with zero attached hydrogens (tertiary/aromatic N) is 4. The molecule has 110 valence electrons. The van der Waals surface area contributed by atoms with E-state index in [0.717, 1.165) is 18.0 Å². The number of hydrogen-bond acceptors (Lipinski definition) is 5. The predicted octanol–water partition coefficient (Wildman–Crippen LogP) is 2.51. The molecule has 4 rings (SSSR count). The first-order valence-corrected chi connectivity index (χ1v) is 8.49. The van der Waals surface area contributed by atoms with Crippen LogP contribution in [0.4, 0.5) is 0 Å². The van der Waals surface area contributed by atoms with Gasteiger partial charge in [0.2, 0.25) is 5.16 Å². The minimum Gasteiger partial charge on any atom is -0.323 e. The fraction of sp³-hybridized carbons (Fsp3) is 0.533. The molecule has 5 nitrogen and oxygen atoms in total. The summed E-state index contributed by atoms with van der Waals surface area (Å²) in [7, 11) is 0. The molecule has 2 N–H and O–H groups in total. The molecule has 2 aromatic rings. The van der Waals surface area contributed by atoms with Crippen molar-refractivity contribution in [2.75, 3.05) is 0 Å². The van der Waals surface area contributed by atoms with E-state index in [0.29, 0.717) is 11.3 Å². The summed E-state index contributed by atoms with van der Waals surface area (Å²) < 4.78 is 1.98. The minimum atomic E-state index is 0.0538. The molecule has 1 fully saturated rings. The third-order valence-electron chi connectivity index (χ3n) is 4.36. The van der Waals surface area contributed by atoms with Gasteiger partial charge >= 0.3 is 0 Å². The second-order valence-electron chi connectivity index (χ2n) is 5.91. The van der Waals surface area contributed by atoms with Crippen molar-refractivity contribution in [2.45, 2.75) is 54.6 Å². The van der Waals surface area contributed by atoms with Crippen LogP contribution in [0.2, 0.25) is 0 Å². The SMILES string of the molecule is NC1c2ccccc2CCCC1Sc1nnnn1C1CC1. The second-order valence-corrected chi connectivity index (χ2v) is 7.12. The molecule has 0 radical (unpaired) electrons. The summed E-state index contributed by atoms with van der Waals surface area (Å²) in [4.78, 5) is 0. The molecule has 0 amide bonds. The lowest BCUT2D eigenvalue weighted by molar-refractivity contribution is 0.560. The van der Waals surface area contributed by atoms with Gasteiger partial charge in [0, 0.05) is 11.3 Å². The zero-order valence-electron chi connectivity index (χ0n) is 11.9. The highest BCUT2D eigenvalue weighted by Crippen LogP contribution is 2.41. The molecule has 2 unspecified atom stereocenters. The third-order valence-corrected chi connectivity index (χ3v) is 5.67. The van der Waals surface area contributed by atoms with E-state index in [-0.39, 0.29) is 6.04 Å². The molecular weight excluding hydrogens is 282 g/mol. The number of hydrogen-bond donors (Lipinski definition) is 1. The lowest BCUT2D eigenvalue weighted by atomic mass is 10.00. The van der Waals surface area contributed by atoms with Crippen molar-refractivity contribution in [2.24, 2.45) is 5.73 Å². The van der Waals surface area contributed by atoms with Crippen LogP contribution in [-0.4, -0.2) is 25.5 Å². The van der Waals surface area contributed by atoms with E-state index < -0.39 is 0 Å². The van der Waals surface area contributed by atoms with E-state index in [1.165, 1.54) is 30.4 Å². The van der Waals surface area contributed by atoms with Gasteiger partial charge in [-0.3, -0.25) is 0 Å². The van der Waals surface area contributed by atoms with Crippen LogP contribution in [0.1, 0.15) is 48.9 Å². The van der Waals surface area contributed by atoms with Crippen molar-refractivity contribution in [3.8, 4) is 0 Å². The molecule has 1 heterocycles. The van der Waals surface area contributed by atoms with E-state index in [2.05, 4.69) is 39.8 Å². The maximum atomic E-state index is 6.55. The van der Waals surface area contributed by atoms with Gasteiger partial charge in [-0.2, -0.15) is 0 Å². The number of tetrazole rings is 1. The Hall–Kier alpha value is -1.40. The Labute approximate surface area is 128 Å². The minimum absolute atomic E-state index is 0.0538. The molecule has 21 heavy (non-hydrogen) atoms. The number of thioether (sulfide) groups is 1. The highest BCUT2D eigenvalue weighted by molar-refractivity contribution is 7.99. The van der Waals surface area contributed by atoms with Gasteiger partial charge in [0.15, 0.2) is 0 Å². The molecule has 2 atom stereocenters. The summed E-state index contributed by atoms with van der Waals surface area (Å²) in [5, 5.41) is 13.4. The molecule has 1 saturated carbocycles. The Kier molecular flexibility index (Phi) is 3.43. The Morgan fingerprint density at radius 3 is 2.90 bits per heavy atom. The molecule has 1 aromatic carbocycles. The van der Waals surface area contributed by atoms with E-state index in [4.69, 9.17) is 5.73 Å². The van der Waals surface area contributed by atoms with Crippen LogP contribution in [0, 0.1) is 0 Å². The van der Waals surface area contributed by atoms with Gasteiger partial charge < -0.3 is 5.73 Å². The van der Waals surface area contributed by atoms with Gasteiger partial charge in [0.25, 0.3) is 0 Å². The Bertz CT molecular complexity index is 636. The van der Waals surface area contributed by atoms with Crippen LogP contribution < -0.4 is 5.73 Å². The molecular formula is C15H19N5S. The van der Waals surface area contributed by atoms with Crippen LogP contribution >= 0.6 is 11.8 Å². The zero-order valence-corrected chi connectivity index (χ0v) is 12.7. The van der Waals surface area contributed by atoms with Crippen LogP contribution in [0.25, 0.3) is 0 Å². The number of rotatable bonds is 3. The van der Waals surface area contributed by atoms with Crippen molar-refractivity contribution < 1.29 is 0 Å². The molecule has 2 aliphatic rings. The first kappa shape index (κ1) is 13.3. The van der Waals surface area contributed by atoms with Gasteiger partial charge in [-0.25, -0.2) is 4.68 Å². The van der Waals surface area contributed by atoms with E-state index >= 15 is 0 Å². The van der Waals surface area contributed by atoms with Crippen molar-refractivity contribution >= 4 is 11.8 Å². The second kappa shape index (κ2) is 5.42. The predicted molar refractivity (Wildman–Crippen MR) is 82.0 cm³/mol.